The Hall–Kier alpha value is -1.11. The van der Waals surface area contributed by atoms with Crippen LogP contribution < -0.4 is 16.9 Å². The number of aromatic nitrogens is 1. The predicted molar refractivity (Wildman–Crippen MR) is 72.3 cm³/mol. The van der Waals surface area contributed by atoms with Gasteiger partial charge in [0.15, 0.2) is 0 Å². The van der Waals surface area contributed by atoms with Crippen LogP contribution in [0, 0.1) is 0 Å². The molecule has 1 saturated heterocycles. The lowest BCUT2D eigenvalue weighted by Gasteiger charge is -2.32. The summed E-state index contributed by atoms with van der Waals surface area (Å²) in [7, 11) is -0.425. The van der Waals surface area contributed by atoms with Crippen LogP contribution in [0.25, 0.3) is 0 Å². The second-order valence-electron chi connectivity index (χ2n) is 5.61. The number of nitrogens with two attached hydrogens (primary N) is 2. The summed E-state index contributed by atoms with van der Waals surface area (Å²) in [4.78, 5) is 4.14. The summed E-state index contributed by atoms with van der Waals surface area (Å²) in [5, 5.41) is 0. The first kappa shape index (κ1) is 13.3. The maximum atomic E-state index is 5.96. The van der Waals surface area contributed by atoms with E-state index in [2.05, 4.69) is 4.98 Å². The fourth-order valence-electron chi connectivity index (χ4n) is 1.85. The van der Waals surface area contributed by atoms with Gasteiger partial charge in [-0.3, -0.25) is 0 Å². The number of hydrogen-bond acceptors (Lipinski definition) is 5. The van der Waals surface area contributed by atoms with Crippen LogP contribution in [0.1, 0.15) is 33.4 Å². The van der Waals surface area contributed by atoms with Crippen LogP contribution in [0.3, 0.4) is 0 Å². The Balaban J connectivity index is 2.32. The quantitative estimate of drug-likeness (QED) is 0.742. The average molecular weight is 249 g/mol. The molecule has 6 heteroatoms. The maximum absolute atomic E-state index is 5.96. The van der Waals surface area contributed by atoms with Crippen LogP contribution in [0.2, 0.25) is 0 Å². The van der Waals surface area contributed by atoms with E-state index in [1.807, 2.05) is 33.8 Å². The summed E-state index contributed by atoms with van der Waals surface area (Å²) in [5.41, 5.74) is 12.2. The highest BCUT2D eigenvalue weighted by molar-refractivity contribution is 6.62. The van der Waals surface area contributed by atoms with E-state index in [9.17, 15) is 0 Å². The zero-order valence-electron chi connectivity index (χ0n) is 11.4. The molecule has 0 saturated carbocycles. The maximum Gasteiger partial charge on any atom is 0.495 e. The molecule has 1 aliphatic heterocycles. The second kappa shape index (κ2) is 4.22. The molecule has 1 fully saturated rings. The van der Waals surface area contributed by atoms with Gasteiger partial charge in [0, 0.05) is 6.54 Å². The van der Waals surface area contributed by atoms with Crippen LogP contribution in [0.4, 0.5) is 5.82 Å². The van der Waals surface area contributed by atoms with Crippen molar-refractivity contribution in [2.24, 2.45) is 5.73 Å². The Kier molecular flexibility index (Phi) is 3.13. The highest BCUT2D eigenvalue weighted by Crippen LogP contribution is 2.36. The molecule has 0 unspecified atom stereocenters. The molecule has 0 aromatic carbocycles. The lowest BCUT2D eigenvalue weighted by atomic mass is 9.79. The normalized spacial score (nSPS) is 21.3. The number of rotatable bonds is 2. The van der Waals surface area contributed by atoms with E-state index in [-0.39, 0.29) is 11.2 Å². The van der Waals surface area contributed by atoms with Gasteiger partial charge in [0.25, 0.3) is 0 Å². The van der Waals surface area contributed by atoms with E-state index < -0.39 is 7.12 Å². The molecular weight excluding hydrogens is 229 g/mol. The van der Waals surface area contributed by atoms with Crippen molar-refractivity contribution in [3.8, 4) is 0 Å². The Labute approximate surface area is 108 Å². The van der Waals surface area contributed by atoms with Gasteiger partial charge >= 0.3 is 7.12 Å². The van der Waals surface area contributed by atoms with Crippen LogP contribution >= 0.6 is 0 Å². The van der Waals surface area contributed by atoms with E-state index >= 15 is 0 Å². The minimum absolute atomic E-state index is 0.345. The molecule has 0 atom stereocenters. The third-order valence-electron chi connectivity index (χ3n) is 3.66. The molecule has 1 aliphatic rings. The summed E-state index contributed by atoms with van der Waals surface area (Å²) in [5.74, 6) is 0.433. The summed E-state index contributed by atoms with van der Waals surface area (Å²) in [6, 6.07) is 3.64. The van der Waals surface area contributed by atoms with Crippen molar-refractivity contribution in [1.29, 1.82) is 0 Å². The molecule has 0 spiro atoms. The lowest BCUT2D eigenvalue weighted by molar-refractivity contribution is 0.00578. The Bertz CT molecular complexity index is 447. The smallest absolute Gasteiger partial charge is 0.399 e. The first-order chi connectivity index (χ1) is 8.25. The highest BCUT2D eigenvalue weighted by atomic mass is 16.7. The third kappa shape index (κ3) is 2.23. The zero-order valence-corrected chi connectivity index (χ0v) is 11.4. The molecule has 18 heavy (non-hydrogen) atoms. The number of pyridine rings is 1. The van der Waals surface area contributed by atoms with Gasteiger partial charge in [-0.25, -0.2) is 4.98 Å². The highest BCUT2D eigenvalue weighted by Gasteiger charge is 2.51. The standard InChI is InChI=1S/C12H20BN3O2/c1-11(2)12(3,4)18-13(17-11)8-5-9(7-14)16-10(15)6-8/h5-6H,7,14H2,1-4H3,(H2,15,16). The number of nitrogen functional groups attached to an aromatic ring is 1. The van der Waals surface area contributed by atoms with Gasteiger partial charge in [0.1, 0.15) is 5.82 Å². The van der Waals surface area contributed by atoms with E-state index in [1.165, 1.54) is 0 Å². The fraction of sp³-hybridized carbons (Fsp3) is 0.583. The molecule has 0 radical (unpaired) electrons. The minimum atomic E-state index is -0.425. The monoisotopic (exact) mass is 249 g/mol. The molecule has 2 heterocycles. The molecule has 5 nitrogen and oxygen atoms in total. The van der Waals surface area contributed by atoms with Gasteiger partial charge in [-0.15, -0.1) is 0 Å². The van der Waals surface area contributed by atoms with Crippen molar-refractivity contribution < 1.29 is 9.31 Å². The number of nitrogens with zero attached hydrogens (tertiary/aromatic N) is 1. The molecule has 1 aromatic rings. The van der Waals surface area contributed by atoms with Crippen molar-refractivity contribution >= 4 is 18.4 Å². The summed E-state index contributed by atoms with van der Waals surface area (Å²) < 4.78 is 11.9. The average Bonchev–Trinajstić information content (AvgIpc) is 2.47. The summed E-state index contributed by atoms with van der Waals surface area (Å²) in [6.07, 6.45) is 0. The van der Waals surface area contributed by atoms with Crippen LogP contribution in [0.5, 0.6) is 0 Å². The van der Waals surface area contributed by atoms with Crippen LogP contribution in [0.15, 0.2) is 12.1 Å². The lowest BCUT2D eigenvalue weighted by Crippen LogP contribution is -2.41. The molecule has 0 aliphatic carbocycles. The largest absolute Gasteiger partial charge is 0.495 e. The van der Waals surface area contributed by atoms with E-state index in [1.54, 1.807) is 6.07 Å². The first-order valence-corrected chi connectivity index (χ1v) is 6.07. The number of hydrogen-bond donors (Lipinski definition) is 2. The van der Waals surface area contributed by atoms with E-state index in [0.29, 0.717) is 12.4 Å². The fourth-order valence-corrected chi connectivity index (χ4v) is 1.85. The van der Waals surface area contributed by atoms with Crippen molar-refractivity contribution in [3.63, 3.8) is 0 Å². The third-order valence-corrected chi connectivity index (χ3v) is 3.66. The first-order valence-electron chi connectivity index (χ1n) is 6.07. The Morgan fingerprint density at radius 2 is 1.72 bits per heavy atom. The Morgan fingerprint density at radius 3 is 2.22 bits per heavy atom. The van der Waals surface area contributed by atoms with Gasteiger partial charge in [0.2, 0.25) is 0 Å². The topological polar surface area (TPSA) is 83.4 Å². The molecule has 2 rings (SSSR count). The van der Waals surface area contributed by atoms with Gasteiger partial charge in [-0.2, -0.15) is 0 Å². The minimum Gasteiger partial charge on any atom is -0.399 e. The zero-order chi connectivity index (χ0) is 13.6. The molecular formula is C12H20BN3O2. The SMILES string of the molecule is CC1(C)OB(c2cc(N)nc(CN)c2)OC1(C)C. The van der Waals surface area contributed by atoms with Gasteiger partial charge < -0.3 is 20.8 Å². The summed E-state index contributed by atoms with van der Waals surface area (Å²) in [6.45, 7) is 8.41. The van der Waals surface area contributed by atoms with Crippen LogP contribution in [-0.4, -0.2) is 23.3 Å². The second-order valence-corrected chi connectivity index (χ2v) is 5.61. The Morgan fingerprint density at radius 1 is 1.17 bits per heavy atom. The van der Waals surface area contributed by atoms with E-state index in [0.717, 1.165) is 11.2 Å². The van der Waals surface area contributed by atoms with Gasteiger partial charge in [-0.1, -0.05) is 0 Å². The van der Waals surface area contributed by atoms with Crippen molar-refractivity contribution in [1.82, 2.24) is 4.98 Å². The van der Waals surface area contributed by atoms with Crippen molar-refractivity contribution in [3.05, 3.63) is 17.8 Å². The molecule has 4 N–H and O–H groups in total. The molecule has 0 amide bonds. The number of anilines is 1. The summed E-state index contributed by atoms with van der Waals surface area (Å²) >= 11 is 0. The molecule has 98 valence electrons. The van der Waals surface area contributed by atoms with Gasteiger partial charge in [-0.05, 0) is 45.3 Å². The molecule has 1 aromatic heterocycles. The predicted octanol–water partition coefficient (Wildman–Crippen LogP) is 0.422. The van der Waals surface area contributed by atoms with Gasteiger partial charge in [0.05, 0.1) is 16.9 Å². The van der Waals surface area contributed by atoms with Crippen molar-refractivity contribution in [2.45, 2.75) is 45.4 Å². The van der Waals surface area contributed by atoms with E-state index in [4.69, 9.17) is 20.8 Å². The van der Waals surface area contributed by atoms with Crippen molar-refractivity contribution in [2.75, 3.05) is 5.73 Å². The molecule has 0 bridgehead atoms. The van der Waals surface area contributed by atoms with Crippen LogP contribution in [-0.2, 0) is 15.9 Å².